The molecule has 2 aromatic carbocycles. The summed E-state index contributed by atoms with van der Waals surface area (Å²) in [5.41, 5.74) is 0. The van der Waals surface area contributed by atoms with E-state index in [1.54, 1.807) is 12.1 Å². The minimum Gasteiger partial charge on any atom is -0.511 e. The Morgan fingerprint density at radius 2 is 1.87 bits per heavy atom. The zero-order valence-electron chi connectivity index (χ0n) is 8.07. The van der Waals surface area contributed by atoms with Crippen molar-refractivity contribution in [3.63, 3.8) is 0 Å². The molecular weight excluding hydrogens is 188 g/mol. The van der Waals surface area contributed by atoms with Gasteiger partial charge in [0.2, 0.25) is 0 Å². The molecule has 0 fully saturated rings. The molecule has 0 bridgehead atoms. The lowest BCUT2D eigenvalue weighted by Crippen LogP contribution is -2.23. The summed E-state index contributed by atoms with van der Waals surface area (Å²) in [5.74, 6) is 0.702. The summed E-state index contributed by atoms with van der Waals surface area (Å²) >= 11 is 0. The Labute approximate surface area is 86.4 Å². The van der Waals surface area contributed by atoms with Crippen LogP contribution >= 0.6 is 0 Å². The Balaban J connectivity index is 2.57. The lowest BCUT2D eigenvalue weighted by Gasteiger charge is -1.99. The first kappa shape index (κ1) is 8.36. The summed E-state index contributed by atoms with van der Waals surface area (Å²) in [7, 11) is 0. The van der Waals surface area contributed by atoms with Crippen LogP contribution in [0.1, 0.15) is 6.42 Å². The second-order valence-corrected chi connectivity index (χ2v) is 3.79. The van der Waals surface area contributed by atoms with Crippen LogP contribution in [0.15, 0.2) is 30.3 Å². The van der Waals surface area contributed by atoms with Crippen molar-refractivity contribution < 1.29 is 10.2 Å². The summed E-state index contributed by atoms with van der Waals surface area (Å²) in [6.07, 6.45) is 2.62. The van der Waals surface area contributed by atoms with Crippen molar-refractivity contribution in [2.45, 2.75) is 6.42 Å². The van der Waals surface area contributed by atoms with E-state index in [-0.39, 0.29) is 5.75 Å². The number of aliphatic hydroxyl groups is 1. The molecule has 74 valence electrons. The van der Waals surface area contributed by atoms with E-state index in [0.29, 0.717) is 12.2 Å². The standard InChI is InChI=1S/C13H10O2/c14-9-2-4-10-8(7-9)1-3-12-11(10)5-6-13(12)15/h1-5,7,14-15H,6H2. The number of benzene rings is 2. The van der Waals surface area contributed by atoms with Crippen LogP contribution in [0.4, 0.5) is 0 Å². The van der Waals surface area contributed by atoms with E-state index in [4.69, 9.17) is 0 Å². The Kier molecular flexibility index (Phi) is 1.54. The zero-order valence-corrected chi connectivity index (χ0v) is 8.07. The molecular formula is C13H10O2. The quantitative estimate of drug-likeness (QED) is 0.671. The first-order valence-electron chi connectivity index (χ1n) is 4.90. The summed E-state index contributed by atoms with van der Waals surface area (Å²) in [5, 5.41) is 23.1. The highest BCUT2D eigenvalue weighted by atomic mass is 16.3. The van der Waals surface area contributed by atoms with Gasteiger partial charge in [0.15, 0.2) is 0 Å². The van der Waals surface area contributed by atoms with Crippen LogP contribution in [-0.2, 0) is 0 Å². The van der Waals surface area contributed by atoms with E-state index >= 15 is 0 Å². The molecule has 2 N–H and O–H groups in total. The third-order valence-electron chi connectivity index (χ3n) is 2.86. The molecule has 0 spiro atoms. The van der Waals surface area contributed by atoms with Gasteiger partial charge in [-0.05, 0) is 28.1 Å². The van der Waals surface area contributed by atoms with Crippen molar-refractivity contribution in [2.24, 2.45) is 0 Å². The zero-order chi connectivity index (χ0) is 10.4. The molecule has 0 saturated heterocycles. The molecule has 1 aliphatic rings. The van der Waals surface area contributed by atoms with Gasteiger partial charge in [0, 0.05) is 11.6 Å². The minimum atomic E-state index is 0.272. The van der Waals surface area contributed by atoms with Crippen molar-refractivity contribution in [1.29, 1.82) is 0 Å². The normalized spacial score (nSPS) is 14.0. The molecule has 15 heavy (non-hydrogen) atoms. The highest BCUT2D eigenvalue weighted by Gasteiger charge is 2.06. The predicted octanol–water partition coefficient (Wildman–Crippen LogP) is 1.40. The van der Waals surface area contributed by atoms with Gasteiger partial charge in [-0.2, -0.15) is 0 Å². The summed E-state index contributed by atoms with van der Waals surface area (Å²) < 4.78 is 0. The molecule has 0 atom stereocenters. The minimum absolute atomic E-state index is 0.272. The maximum atomic E-state index is 9.63. The molecule has 0 amide bonds. The third-order valence-corrected chi connectivity index (χ3v) is 2.86. The van der Waals surface area contributed by atoms with E-state index in [9.17, 15) is 10.2 Å². The highest BCUT2D eigenvalue weighted by Crippen LogP contribution is 2.17. The van der Waals surface area contributed by atoms with Gasteiger partial charge in [-0.3, -0.25) is 0 Å². The SMILES string of the molecule is OC1=c2ccc3cc(O)ccc3c2=CC1. The maximum absolute atomic E-state index is 9.63. The number of aliphatic hydroxyl groups excluding tert-OH is 1. The van der Waals surface area contributed by atoms with Crippen molar-refractivity contribution in [2.75, 3.05) is 0 Å². The number of hydrogen-bond acceptors (Lipinski definition) is 2. The van der Waals surface area contributed by atoms with Crippen molar-refractivity contribution >= 4 is 22.6 Å². The molecule has 2 nitrogen and oxygen atoms in total. The van der Waals surface area contributed by atoms with Gasteiger partial charge in [-0.1, -0.05) is 24.3 Å². The van der Waals surface area contributed by atoms with Crippen LogP contribution in [-0.4, -0.2) is 10.2 Å². The van der Waals surface area contributed by atoms with Gasteiger partial charge < -0.3 is 10.2 Å². The fourth-order valence-electron chi connectivity index (χ4n) is 2.12. The van der Waals surface area contributed by atoms with Gasteiger partial charge >= 0.3 is 0 Å². The van der Waals surface area contributed by atoms with E-state index < -0.39 is 0 Å². The molecule has 1 aliphatic carbocycles. The number of phenolic OH excluding ortho intramolecular Hbond substituents is 1. The first-order valence-corrected chi connectivity index (χ1v) is 4.90. The Bertz CT molecular complexity index is 669. The summed E-state index contributed by atoms with van der Waals surface area (Å²) in [6.45, 7) is 0. The fraction of sp³-hybridized carbons (Fsp3) is 0.0769. The lowest BCUT2D eigenvalue weighted by molar-refractivity contribution is 0.476. The van der Waals surface area contributed by atoms with Crippen LogP contribution < -0.4 is 10.4 Å². The van der Waals surface area contributed by atoms with Crippen LogP contribution in [0.3, 0.4) is 0 Å². The van der Waals surface area contributed by atoms with Crippen LogP contribution in [0.5, 0.6) is 5.75 Å². The smallest absolute Gasteiger partial charge is 0.116 e. The largest absolute Gasteiger partial charge is 0.511 e. The predicted molar refractivity (Wildman–Crippen MR) is 60.0 cm³/mol. The molecule has 0 aliphatic heterocycles. The monoisotopic (exact) mass is 198 g/mol. The van der Waals surface area contributed by atoms with E-state index in [0.717, 1.165) is 21.2 Å². The first-order chi connectivity index (χ1) is 7.25. The van der Waals surface area contributed by atoms with E-state index in [1.165, 1.54) is 0 Å². The fourth-order valence-corrected chi connectivity index (χ4v) is 2.12. The summed E-state index contributed by atoms with van der Waals surface area (Å²) in [6, 6.07) is 9.11. The van der Waals surface area contributed by atoms with Gasteiger partial charge in [0.05, 0.1) is 0 Å². The number of rotatable bonds is 0. The van der Waals surface area contributed by atoms with Crippen molar-refractivity contribution in [1.82, 2.24) is 0 Å². The number of hydrogen-bond donors (Lipinski definition) is 2. The van der Waals surface area contributed by atoms with Gasteiger partial charge in [0.1, 0.15) is 11.5 Å². The second-order valence-electron chi connectivity index (χ2n) is 3.79. The number of phenols is 1. The lowest BCUT2D eigenvalue weighted by atomic mass is 10.1. The molecule has 0 radical (unpaired) electrons. The maximum Gasteiger partial charge on any atom is 0.116 e. The summed E-state index contributed by atoms with van der Waals surface area (Å²) in [4.78, 5) is 0. The average Bonchev–Trinajstić information content (AvgIpc) is 2.60. The molecule has 2 aromatic rings. The van der Waals surface area contributed by atoms with Crippen LogP contribution in [0, 0.1) is 0 Å². The third kappa shape index (κ3) is 1.11. The van der Waals surface area contributed by atoms with Crippen molar-refractivity contribution in [3.8, 4) is 5.75 Å². The number of aromatic hydroxyl groups is 1. The number of fused-ring (bicyclic) bond motifs is 3. The average molecular weight is 198 g/mol. The Morgan fingerprint density at radius 3 is 2.73 bits per heavy atom. The van der Waals surface area contributed by atoms with Gasteiger partial charge in [0.25, 0.3) is 0 Å². The van der Waals surface area contributed by atoms with Crippen molar-refractivity contribution in [3.05, 3.63) is 40.8 Å². The Morgan fingerprint density at radius 1 is 1.00 bits per heavy atom. The second kappa shape index (κ2) is 2.76. The molecule has 3 rings (SSSR count). The molecule has 2 heteroatoms. The van der Waals surface area contributed by atoms with Gasteiger partial charge in [-0.15, -0.1) is 0 Å². The van der Waals surface area contributed by atoms with E-state index in [2.05, 4.69) is 0 Å². The van der Waals surface area contributed by atoms with Crippen LogP contribution in [0.2, 0.25) is 0 Å². The van der Waals surface area contributed by atoms with Crippen LogP contribution in [0.25, 0.3) is 22.6 Å². The molecule has 0 aromatic heterocycles. The van der Waals surface area contributed by atoms with E-state index in [1.807, 2.05) is 24.3 Å². The molecule has 0 heterocycles. The topological polar surface area (TPSA) is 40.5 Å². The molecule has 0 saturated carbocycles. The molecule has 0 unspecified atom stereocenters. The van der Waals surface area contributed by atoms with Gasteiger partial charge in [-0.25, -0.2) is 0 Å². The Hall–Kier alpha value is -1.96. The highest BCUT2D eigenvalue weighted by molar-refractivity contribution is 5.86.